The fourth-order valence-electron chi connectivity index (χ4n) is 1.19. The molecule has 2 aliphatic rings. The Morgan fingerprint density at radius 1 is 0.923 bits per heavy atom. The molecule has 2 heterocycles. The van der Waals surface area contributed by atoms with Crippen LogP contribution >= 0.6 is 0 Å². The van der Waals surface area contributed by atoms with Crippen LogP contribution in [0.3, 0.4) is 0 Å². The van der Waals surface area contributed by atoms with Gasteiger partial charge in [0.15, 0.2) is 12.6 Å². The normalized spacial score (nSPS) is 42.0. The summed E-state index contributed by atoms with van der Waals surface area (Å²) < 4.78 is 25.5. The molecule has 2 fully saturated rings. The standard InChI is InChI=1S/C8H14O5/c1-9-3-5-7(11-5)13-8-6(12-8)4-10-2/h5-8H,3-4H2,1-2H3. The van der Waals surface area contributed by atoms with Gasteiger partial charge in [-0.25, -0.2) is 0 Å². The zero-order valence-corrected chi connectivity index (χ0v) is 7.76. The maximum absolute atomic E-state index is 5.40. The van der Waals surface area contributed by atoms with Crippen LogP contribution in [-0.4, -0.2) is 52.2 Å². The Balaban J connectivity index is 1.56. The summed E-state index contributed by atoms with van der Waals surface area (Å²) in [5.74, 6) is 0. The van der Waals surface area contributed by atoms with Crippen molar-refractivity contribution in [3.8, 4) is 0 Å². The Labute approximate surface area is 76.8 Å². The van der Waals surface area contributed by atoms with Crippen molar-refractivity contribution in [1.82, 2.24) is 0 Å². The van der Waals surface area contributed by atoms with Crippen LogP contribution in [0.2, 0.25) is 0 Å². The van der Waals surface area contributed by atoms with Crippen LogP contribution in [0.1, 0.15) is 0 Å². The van der Waals surface area contributed by atoms with Gasteiger partial charge >= 0.3 is 0 Å². The molecular formula is C8H14O5. The summed E-state index contributed by atoms with van der Waals surface area (Å²) in [6.07, 6.45) is -0.131. The summed E-state index contributed by atoms with van der Waals surface area (Å²) in [5, 5.41) is 0. The van der Waals surface area contributed by atoms with Crippen molar-refractivity contribution in [1.29, 1.82) is 0 Å². The van der Waals surface area contributed by atoms with E-state index in [4.69, 9.17) is 23.7 Å². The number of hydrogen-bond acceptors (Lipinski definition) is 5. The van der Waals surface area contributed by atoms with Crippen molar-refractivity contribution >= 4 is 0 Å². The van der Waals surface area contributed by atoms with Crippen molar-refractivity contribution in [2.24, 2.45) is 0 Å². The molecule has 0 spiro atoms. The van der Waals surface area contributed by atoms with Crippen LogP contribution in [0.15, 0.2) is 0 Å². The Bertz CT molecular complexity index is 156. The fraction of sp³-hybridized carbons (Fsp3) is 1.00. The highest BCUT2D eigenvalue weighted by Crippen LogP contribution is 2.32. The van der Waals surface area contributed by atoms with E-state index in [0.29, 0.717) is 13.2 Å². The monoisotopic (exact) mass is 190 g/mol. The van der Waals surface area contributed by atoms with Gasteiger partial charge in [0.2, 0.25) is 0 Å². The Morgan fingerprint density at radius 2 is 1.38 bits per heavy atom. The lowest BCUT2D eigenvalue weighted by molar-refractivity contribution is -0.0106. The minimum Gasteiger partial charge on any atom is -0.382 e. The molecule has 0 saturated carbocycles. The molecule has 2 saturated heterocycles. The molecule has 5 heteroatoms. The second-order valence-electron chi connectivity index (χ2n) is 3.13. The van der Waals surface area contributed by atoms with Gasteiger partial charge in [0, 0.05) is 14.2 Å². The van der Waals surface area contributed by atoms with Crippen molar-refractivity contribution in [3.63, 3.8) is 0 Å². The van der Waals surface area contributed by atoms with Crippen molar-refractivity contribution in [2.45, 2.75) is 24.8 Å². The fourth-order valence-corrected chi connectivity index (χ4v) is 1.19. The molecule has 0 aliphatic carbocycles. The van der Waals surface area contributed by atoms with Gasteiger partial charge in [-0.1, -0.05) is 0 Å². The van der Waals surface area contributed by atoms with E-state index < -0.39 is 0 Å². The van der Waals surface area contributed by atoms with E-state index >= 15 is 0 Å². The van der Waals surface area contributed by atoms with Gasteiger partial charge in [-0.2, -0.15) is 0 Å². The van der Waals surface area contributed by atoms with Crippen LogP contribution in [0.4, 0.5) is 0 Å². The molecule has 5 nitrogen and oxygen atoms in total. The average Bonchev–Trinajstić information content (AvgIpc) is 2.97. The molecule has 0 aromatic carbocycles. The third kappa shape index (κ3) is 2.38. The number of rotatable bonds is 6. The van der Waals surface area contributed by atoms with Gasteiger partial charge in [-0.3, -0.25) is 0 Å². The summed E-state index contributed by atoms with van der Waals surface area (Å²) in [4.78, 5) is 0. The summed E-state index contributed by atoms with van der Waals surface area (Å²) >= 11 is 0. The molecule has 4 unspecified atom stereocenters. The van der Waals surface area contributed by atoms with Crippen LogP contribution in [0.25, 0.3) is 0 Å². The minimum absolute atomic E-state index is 0.0809. The van der Waals surface area contributed by atoms with Crippen LogP contribution < -0.4 is 0 Å². The Hall–Kier alpha value is -0.200. The van der Waals surface area contributed by atoms with Crippen molar-refractivity contribution in [2.75, 3.05) is 27.4 Å². The summed E-state index contributed by atoms with van der Waals surface area (Å²) in [7, 11) is 3.28. The number of ether oxygens (including phenoxy) is 5. The predicted octanol–water partition coefficient (Wildman–Crippen LogP) is -0.254. The SMILES string of the molecule is COCC1OC1OC1OC1COC. The highest BCUT2D eigenvalue weighted by Gasteiger charge is 2.49. The zero-order valence-electron chi connectivity index (χ0n) is 7.76. The van der Waals surface area contributed by atoms with Gasteiger partial charge < -0.3 is 23.7 Å². The second-order valence-corrected chi connectivity index (χ2v) is 3.13. The molecule has 0 bridgehead atoms. The van der Waals surface area contributed by atoms with Crippen molar-refractivity contribution in [3.05, 3.63) is 0 Å². The first-order valence-electron chi connectivity index (χ1n) is 4.29. The zero-order chi connectivity index (χ0) is 9.26. The lowest BCUT2D eigenvalue weighted by Gasteiger charge is -1.94. The molecule has 2 aliphatic heterocycles. The number of epoxide rings is 2. The van der Waals surface area contributed by atoms with Crippen LogP contribution in [0.5, 0.6) is 0 Å². The van der Waals surface area contributed by atoms with Gasteiger partial charge in [0.05, 0.1) is 13.2 Å². The first-order valence-corrected chi connectivity index (χ1v) is 4.29. The molecule has 0 aromatic rings. The Kier molecular flexibility index (Phi) is 2.80. The summed E-state index contributed by atoms with van der Waals surface area (Å²) in [6.45, 7) is 1.15. The molecular weight excluding hydrogens is 176 g/mol. The quantitative estimate of drug-likeness (QED) is 0.540. The molecule has 0 radical (unpaired) electrons. The largest absolute Gasteiger partial charge is 0.382 e. The molecule has 13 heavy (non-hydrogen) atoms. The first kappa shape index (κ1) is 9.36. The topological polar surface area (TPSA) is 52.8 Å². The van der Waals surface area contributed by atoms with E-state index in [1.165, 1.54) is 0 Å². The third-order valence-electron chi connectivity index (χ3n) is 2.00. The van der Waals surface area contributed by atoms with Crippen LogP contribution in [-0.2, 0) is 23.7 Å². The predicted molar refractivity (Wildman–Crippen MR) is 42.2 cm³/mol. The molecule has 0 N–H and O–H groups in total. The molecule has 4 atom stereocenters. The van der Waals surface area contributed by atoms with Crippen molar-refractivity contribution < 1.29 is 23.7 Å². The number of methoxy groups -OCH3 is 2. The third-order valence-corrected chi connectivity index (χ3v) is 2.00. The lowest BCUT2D eigenvalue weighted by Crippen LogP contribution is -2.11. The smallest absolute Gasteiger partial charge is 0.189 e. The molecule has 2 rings (SSSR count). The second kappa shape index (κ2) is 3.89. The average molecular weight is 190 g/mol. The first-order chi connectivity index (χ1) is 6.35. The van der Waals surface area contributed by atoms with Gasteiger partial charge in [-0.05, 0) is 0 Å². The molecule has 76 valence electrons. The molecule has 0 aromatic heterocycles. The maximum atomic E-state index is 5.40. The van der Waals surface area contributed by atoms with E-state index in [9.17, 15) is 0 Å². The van der Waals surface area contributed by atoms with E-state index in [1.807, 2.05) is 0 Å². The van der Waals surface area contributed by atoms with Gasteiger partial charge in [0.25, 0.3) is 0 Å². The highest BCUT2D eigenvalue weighted by atomic mass is 16.9. The maximum Gasteiger partial charge on any atom is 0.189 e. The van der Waals surface area contributed by atoms with E-state index in [0.717, 1.165) is 0 Å². The minimum atomic E-state index is -0.146. The Morgan fingerprint density at radius 3 is 1.77 bits per heavy atom. The van der Waals surface area contributed by atoms with E-state index in [1.54, 1.807) is 14.2 Å². The lowest BCUT2D eigenvalue weighted by atomic mass is 10.4. The van der Waals surface area contributed by atoms with Crippen LogP contribution in [0, 0.1) is 0 Å². The van der Waals surface area contributed by atoms with E-state index in [2.05, 4.69) is 0 Å². The summed E-state index contributed by atoms with van der Waals surface area (Å²) in [6, 6.07) is 0. The summed E-state index contributed by atoms with van der Waals surface area (Å²) in [5.41, 5.74) is 0. The molecule has 0 amide bonds. The van der Waals surface area contributed by atoms with E-state index in [-0.39, 0.29) is 24.8 Å². The highest BCUT2D eigenvalue weighted by molar-refractivity contribution is 4.83. The van der Waals surface area contributed by atoms with Gasteiger partial charge in [-0.15, -0.1) is 0 Å². The number of hydrogen-bond donors (Lipinski definition) is 0. The van der Waals surface area contributed by atoms with Gasteiger partial charge in [0.1, 0.15) is 12.2 Å².